The Morgan fingerprint density at radius 2 is 2.14 bits per heavy atom. The van der Waals surface area contributed by atoms with Gasteiger partial charge in [-0.3, -0.25) is 10.2 Å². The van der Waals surface area contributed by atoms with Gasteiger partial charge in [0.05, 0.1) is 6.17 Å². The van der Waals surface area contributed by atoms with Crippen molar-refractivity contribution in [3.63, 3.8) is 0 Å². The number of nitrogens with zero attached hydrogens (tertiary/aromatic N) is 1. The lowest BCUT2D eigenvalue weighted by Crippen LogP contribution is -2.31. The van der Waals surface area contributed by atoms with E-state index in [1.54, 1.807) is 0 Å². The highest BCUT2D eigenvalue weighted by Gasteiger charge is 2.23. The van der Waals surface area contributed by atoms with Crippen LogP contribution in [0.1, 0.15) is 11.7 Å². The molecular formula is C11H17N3. The highest BCUT2D eigenvalue weighted by Crippen LogP contribution is 2.20. The van der Waals surface area contributed by atoms with Crippen LogP contribution >= 0.6 is 0 Å². The summed E-state index contributed by atoms with van der Waals surface area (Å²) >= 11 is 0. The molecule has 0 bridgehead atoms. The Kier molecular flexibility index (Phi) is 3.14. The summed E-state index contributed by atoms with van der Waals surface area (Å²) in [6.45, 7) is 3.84. The Morgan fingerprint density at radius 3 is 2.86 bits per heavy atom. The molecule has 0 amide bonds. The van der Waals surface area contributed by atoms with Gasteiger partial charge in [-0.05, 0) is 5.56 Å². The lowest BCUT2D eigenvalue weighted by molar-refractivity contribution is 0.252. The zero-order chi connectivity index (χ0) is 9.80. The second-order valence-electron chi connectivity index (χ2n) is 3.59. The van der Waals surface area contributed by atoms with Gasteiger partial charge in [-0.25, -0.2) is 0 Å². The summed E-state index contributed by atoms with van der Waals surface area (Å²) in [5.41, 5.74) is 6.91. The van der Waals surface area contributed by atoms with Crippen molar-refractivity contribution < 1.29 is 0 Å². The van der Waals surface area contributed by atoms with Crippen LogP contribution < -0.4 is 11.1 Å². The molecule has 76 valence electrons. The average Bonchev–Trinajstić information content (AvgIpc) is 2.68. The van der Waals surface area contributed by atoms with Crippen LogP contribution in [0.4, 0.5) is 0 Å². The standard InChI is InChI=1S/C11H17N3/c12-6-8-14-9-7-13-11(14)10-4-2-1-3-5-10/h1-5,11,13H,6-9,12H2. The molecule has 1 aliphatic rings. The number of nitrogens with one attached hydrogen (secondary N) is 1. The zero-order valence-corrected chi connectivity index (χ0v) is 8.32. The second kappa shape index (κ2) is 4.55. The van der Waals surface area contributed by atoms with Crippen LogP contribution in [0, 0.1) is 0 Å². The van der Waals surface area contributed by atoms with Crippen molar-refractivity contribution in [3.05, 3.63) is 35.9 Å². The van der Waals surface area contributed by atoms with Gasteiger partial charge in [-0.2, -0.15) is 0 Å². The SMILES string of the molecule is NCCN1CCNC1c1ccccc1. The molecule has 1 aliphatic heterocycles. The molecule has 3 heteroatoms. The van der Waals surface area contributed by atoms with E-state index in [1.165, 1.54) is 5.56 Å². The predicted octanol–water partition coefficient (Wildman–Crippen LogP) is 0.549. The van der Waals surface area contributed by atoms with E-state index in [4.69, 9.17) is 5.73 Å². The Morgan fingerprint density at radius 1 is 1.36 bits per heavy atom. The van der Waals surface area contributed by atoms with E-state index in [9.17, 15) is 0 Å². The molecule has 1 fully saturated rings. The molecule has 1 heterocycles. The van der Waals surface area contributed by atoms with E-state index in [-0.39, 0.29) is 0 Å². The summed E-state index contributed by atoms with van der Waals surface area (Å²) < 4.78 is 0. The number of nitrogens with two attached hydrogens (primary N) is 1. The topological polar surface area (TPSA) is 41.3 Å². The minimum atomic E-state index is 0.361. The molecule has 3 nitrogen and oxygen atoms in total. The second-order valence-corrected chi connectivity index (χ2v) is 3.59. The highest BCUT2D eigenvalue weighted by atomic mass is 15.3. The maximum atomic E-state index is 5.58. The quantitative estimate of drug-likeness (QED) is 0.733. The third-order valence-electron chi connectivity index (χ3n) is 2.63. The average molecular weight is 191 g/mol. The summed E-state index contributed by atoms with van der Waals surface area (Å²) in [7, 11) is 0. The van der Waals surface area contributed by atoms with E-state index in [1.807, 2.05) is 6.07 Å². The summed E-state index contributed by atoms with van der Waals surface area (Å²) in [4.78, 5) is 2.38. The van der Waals surface area contributed by atoms with Crippen molar-refractivity contribution in [2.75, 3.05) is 26.2 Å². The van der Waals surface area contributed by atoms with Gasteiger partial charge in [0.25, 0.3) is 0 Å². The van der Waals surface area contributed by atoms with Gasteiger partial charge in [0.1, 0.15) is 0 Å². The first-order chi connectivity index (χ1) is 6.92. The Hall–Kier alpha value is -0.900. The van der Waals surface area contributed by atoms with Crippen molar-refractivity contribution in [2.24, 2.45) is 5.73 Å². The van der Waals surface area contributed by atoms with Gasteiger partial charge in [0.15, 0.2) is 0 Å². The van der Waals surface area contributed by atoms with Crippen LogP contribution in [0.3, 0.4) is 0 Å². The van der Waals surface area contributed by atoms with E-state index in [0.29, 0.717) is 6.17 Å². The Labute approximate surface area is 84.9 Å². The number of hydrogen-bond acceptors (Lipinski definition) is 3. The molecule has 14 heavy (non-hydrogen) atoms. The van der Waals surface area contributed by atoms with Gasteiger partial charge in [-0.1, -0.05) is 30.3 Å². The largest absolute Gasteiger partial charge is 0.329 e. The molecule has 1 aromatic rings. The van der Waals surface area contributed by atoms with E-state index < -0.39 is 0 Å². The minimum Gasteiger partial charge on any atom is -0.329 e. The maximum absolute atomic E-state index is 5.58. The van der Waals surface area contributed by atoms with E-state index in [2.05, 4.69) is 34.5 Å². The van der Waals surface area contributed by atoms with Crippen LogP contribution in [-0.2, 0) is 0 Å². The fourth-order valence-electron chi connectivity index (χ4n) is 1.97. The molecule has 0 radical (unpaired) electrons. The first-order valence-corrected chi connectivity index (χ1v) is 5.14. The first kappa shape index (κ1) is 9.65. The van der Waals surface area contributed by atoms with Crippen LogP contribution in [-0.4, -0.2) is 31.1 Å². The van der Waals surface area contributed by atoms with Crippen molar-refractivity contribution >= 4 is 0 Å². The predicted molar refractivity (Wildman–Crippen MR) is 57.8 cm³/mol. The van der Waals surface area contributed by atoms with Gasteiger partial charge >= 0.3 is 0 Å². The molecule has 1 saturated heterocycles. The lowest BCUT2D eigenvalue weighted by atomic mass is 10.1. The molecular weight excluding hydrogens is 174 g/mol. The number of hydrogen-bond donors (Lipinski definition) is 2. The van der Waals surface area contributed by atoms with E-state index in [0.717, 1.165) is 26.2 Å². The van der Waals surface area contributed by atoms with Crippen LogP contribution in [0.5, 0.6) is 0 Å². The normalized spacial score (nSPS) is 22.8. The molecule has 0 saturated carbocycles. The third kappa shape index (κ3) is 1.95. The van der Waals surface area contributed by atoms with Crippen molar-refractivity contribution in [1.82, 2.24) is 10.2 Å². The smallest absolute Gasteiger partial charge is 0.0862 e. The summed E-state index contributed by atoms with van der Waals surface area (Å²) in [6, 6.07) is 10.5. The fraction of sp³-hybridized carbons (Fsp3) is 0.455. The summed E-state index contributed by atoms with van der Waals surface area (Å²) in [5, 5.41) is 3.48. The monoisotopic (exact) mass is 191 g/mol. The van der Waals surface area contributed by atoms with Gasteiger partial charge < -0.3 is 5.73 Å². The molecule has 0 aromatic heterocycles. The van der Waals surface area contributed by atoms with Crippen molar-refractivity contribution in [1.29, 1.82) is 0 Å². The zero-order valence-electron chi connectivity index (χ0n) is 8.32. The first-order valence-electron chi connectivity index (χ1n) is 5.14. The van der Waals surface area contributed by atoms with Crippen LogP contribution in [0.15, 0.2) is 30.3 Å². The maximum Gasteiger partial charge on any atom is 0.0862 e. The van der Waals surface area contributed by atoms with Crippen LogP contribution in [0.2, 0.25) is 0 Å². The van der Waals surface area contributed by atoms with Gasteiger partial charge in [0.2, 0.25) is 0 Å². The van der Waals surface area contributed by atoms with Gasteiger partial charge in [-0.15, -0.1) is 0 Å². The molecule has 1 aromatic carbocycles. The molecule has 0 spiro atoms. The van der Waals surface area contributed by atoms with Crippen molar-refractivity contribution in [2.45, 2.75) is 6.17 Å². The minimum absolute atomic E-state index is 0.361. The van der Waals surface area contributed by atoms with Crippen molar-refractivity contribution in [3.8, 4) is 0 Å². The lowest BCUT2D eigenvalue weighted by Gasteiger charge is -2.23. The van der Waals surface area contributed by atoms with E-state index >= 15 is 0 Å². The number of rotatable bonds is 3. The molecule has 3 N–H and O–H groups in total. The Balaban J connectivity index is 2.10. The molecule has 2 rings (SSSR count). The molecule has 0 aliphatic carbocycles. The summed E-state index contributed by atoms with van der Waals surface area (Å²) in [5.74, 6) is 0. The molecule has 1 atom stereocenters. The number of benzene rings is 1. The Bertz CT molecular complexity index is 273. The third-order valence-corrected chi connectivity index (χ3v) is 2.63. The van der Waals surface area contributed by atoms with Crippen LogP contribution in [0.25, 0.3) is 0 Å². The summed E-state index contributed by atoms with van der Waals surface area (Å²) in [6.07, 6.45) is 0.361. The van der Waals surface area contributed by atoms with Gasteiger partial charge in [0, 0.05) is 26.2 Å². The fourth-order valence-corrected chi connectivity index (χ4v) is 1.97. The highest BCUT2D eigenvalue weighted by molar-refractivity contribution is 5.19. The molecule has 1 unspecified atom stereocenters.